The number of benzene rings is 1. The van der Waals surface area contributed by atoms with E-state index in [4.69, 9.17) is 10.5 Å². The molecule has 1 aliphatic rings. The van der Waals surface area contributed by atoms with E-state index in [0.29, 0.717) is 33.5 Å². The van der Waals surface area contributed by atoms with Gasteiger partial charge in [-0.3, -0.25) is 0 Å². The van der Waals surface area contributed by atoms with Gasteiger partial charge in [0.15, 0.2) is 0 Å². The van der Waals surface area contributed by atoms with Gasteiger partial charge in [0.25, 0.3) is 0 Å². The number of alkyl halides is 1. The summed E-state index contributed by atoms with van der Waals surface area (Å²) < 4.78 is 35.1. The van der Waals surface area contributed by atoms with Crippen molar-refractivity contribution in [1.29, 1.82) is 0 Å². The minimum absolute atomic E-state index is 0.00401. The zero-order chi connectivity index (χ0) is 18.3. The van der Waals surface area contributed by atoms with Crippen LogP contribution in [0.1, 0.15) is 12.8 Å². The molecule has 3 heterocycles. The Hall–Kier alpha value is -2.26. The molecule has 138 valence electrons. The van der Waals surface area contributed by atoms with Crippen LogP contribution >= 0.6 is 11.3 Å². The Balaban J connectivity index is 1.72. The lowest BCUT2D eigenvalue weighted by atomic mass is 9.95. The van der Waals surface area contributed by atoms with Crippen LogP contribution in [0.4, 0.5) is 13.9 Å². The molecule has 1 unspecified atom stereocenters. The number of piperidine rings is 1. The first-order chi connectivity index (χ1) is 12.5. The summed E-state index contributed by atoms with van der Waals surface area (Å²) in [5.41, 5.74) is 5.61. The van der Waals surface area contributed by atoms with Crippen molar-refractivity contribution in [1.82, 2.24) is 14.6 Å². The maximum Gasteiger partial charge on any atom is 0.214 e. The zero-order valence-corrected chi connectivity index (χ0v) is 15.1. The predicted octanol–water partition coefficient (Wildman–Crippen LogP) is 2.87. The van der Waals surface area contributed by atoms with E-state index >= 15 is 0 Å². The summed E-state index contributed by atoms with van der Waals surface area (Å²) >= 11 is 1.39. The van der Waals surface area contributed by atoms with Crippen LogP contribution < -0.4 is 15.4 Å². The molecule has 9 heteroatoms. The van der Waals surface area contributed by atoms with Crippen molar-refractivity contribution >= 4 is 21.4 Å². The first kappa shape index (κ1) is 17.2. The number of nitrogens with zero attached hydrogens (tertiary/aromatic N) is 4. The summed E-state index contributed by atoms with van der Waals surface area (Å²) in [5, 5.41) is 5.31. The maximum atomic E-state index is 14.6. The number of hydrogen-bond acceptors (Lipinski definition) is 6. The Morgan fingerprint density at radius 2 is 2.27 bits per heavy atom. The van der Waals surface area contributed by atoms with E-state index in [1.54, 1.807) is 16.8 Å². The number of halogens is 2. The number of hydrogen-bond donors (Lipinski definition) is 1. The third kappa shape index (κ3) is 2.90. The SMILES string of the molecule is COc1cc(F)ccc1-c1cnc2sc(N3CCCC(F)(CN)C3)nn12. The van der Waals surface area contributed by atoms with Crippen LogP contribution in [0.2, 0.25) is 0 Å². The molecule has 1 atom stereocenters. The van der Waals surface area contributed by atoms with Crippen LogP contribution in [0, 0.1) is 5.82 Å². The van der Waals surface area contributed by atoms with Gasteiger partial charge in [0.05, 0.1) is 25.5 Å². The van der Waals surface area contributed by atoms with E-state index in [-0.39, 0.29) is 18.9 Å². The first-order valence-electron chi connectivity index (χ1n) is 8.35. The molecule has 0 bridgehead atoms. The van der Waals surface area contributed by atoms with Crippen molar-refractivity contribution in [3.05, 3.63) is 30.2 Å². The molecule has 0 amide bonds. The minimum Gasteiger partial charge on any atom is -0.496 e. The van der Waals surface area contributed by atoms with Gasteiger partial charge >= 0.3 is 0 Å². The number of fused-ring (bicyclic) bond motifs is 1. The Labute approximate surface area is 153 Å². The van der Waals surface area contributed by atoms with E-state index in [1.807, 2.05) is 4.90 Å². The van der Waals surface area contributed by atoms with E-state index in [1.165, 1.54) is 30.6 Å². The summed E-state index contributed by atoms with van der Waals surface area (Å²) in [6.07, 6.45) is 2.88. The highest BCUT2D eigenvalue weighted by atomic mass is 32.1. The molecular formula is C17H19F2N5OS. The third-order valence-corrected chi connectivity index (χ3v) is 5.66. The van der Waals surface area contributed by atoms with E-state index < -0.39 is 5.67 Å². The normalized spacial score (nSPS) is 20.7. The lowest BCUT2D eigenvalue weighted by molar-refractivity contribution is 0.146. The van der Waals surface area contributed by atoms with Crippen LogP contribution in [0.3, 0.4) is 0 Å². The molecule has 2 aromatic heterocycles. The molecule has 1 aromatic carbocycles. The molecule has 1 saturated heterocycles. The number of anilines is 1. The summed E-state index contributed by atoms with van der Waals surface area (Å²) in [4.78, 5) is 6.99. The Morgan fingerprint density at radius 1 is 1.42 bits per heavy atom. The van der Waals surface area contributed by atoms with Crippen molar-refractivity contribution in [2.45, 2.75) is 18.5 Å². The quantitative estimate of drug-likeness (QED) is 0.755. The van der Waals surface area contributed by atoms with Crippen LogP contribution in [-0.2, 0) is 0 Å². The lowest BCUT2D eigenvalue weighted by Gasteiger charge is -2.36. The molecule has 4 rings (SSSR count). The minimum atomic E-state index is -1.38. The molecule has 1 fully saturated rings. The number of methoxy groups -OCH3 is 1. The fraction of sp³-hybridized carbons (Fsp3) is 0.412. The van der Waals surface area contributed by atoms with Gasteiger partial charge in [0.1, 0.15) is 17.2 Å². The molecule has 26 heavy (non-hydrogen) atoms. The Bertz CT molecular complexity index is 943. The van der Waals surface area contributed by atoms with Crippen molar-refractivity contribution in [3.63, 3.8) is 0 Å². The van der Waals surface area contributed by atoms with Gasteiger partial charge in [0.2, 0.25) is 10.1 Å². The average molecular weight is 379 g/mol. The van der Waals surface area contributed by atoms with Crippen molar-refractivity contribution in [2.75, 3.05) is 31.6 Å². The second-order valence-electron chi connectivity index (χ2n) is 6.45. The van der Waals surface area contributed by atoms with Gasteiger partial charge in [-0.2, -0.15) is 0 Å². The molecule has 3 aromatic rings. The van der Waals surface area contributed by atoms with E-state index in [2.05, 4.69) is 10.1 Å². The van der Waals surface area contributed by atoms with Gasteiger partial charge in [-0.1, -0.05) is 11.3 Å². The summed E-state index contributed by atoms with van der Waals surface area (Å²) in [6.45, 7) is 0.969. The van der Waals surface area contributed by atoms with Crippen molar-refractivity contribution in [3.8, 4) is 17.0 Å². The average Bonchev–Trinajstić information content (AvgIpc) is 3.22. The predicted molar refractivity (Wildman–Crippen MR) is 97.2 cm³/mol. The molecule has 0 radical (unpaired) electrons. The Morgan fingerprint density at radius 3 is 3.04 bits per heavy atom. The second kappa shape index (κ2) is 6.48. The standard InChI is InChI=1S/C17H19F2N5OS/c1-25-14-7-11(18)3-4-12(14)13-8-21-15-24(13)22-16(26-15)23-6-2-5-17(19,9-20)10-23/h3-4,7-8H,2,5-6,9-10,20H2,1H3. The largest absolute Gasteiger partial charge is 0.496 e. The molecular weight excluding hydrogens is 360 g/mol. The van der Waals surface area contributed by atoms with Gasteiger partial charge in [0, 0.05) is 24.7 Å². The summed E-state index contributed by atoms with van der Waals surface area (Å²) in [6, 6.07) is 4.33. The van der Waals surface area contributed by atoms with E-state index in [0.717, 1.165) is 13.0 Å². The van der Waals surface area contributed by atoms with Crippen LogP contribution in [0.25, 0.3) is 16.2 Å². The van der Waals surface area contributed by atoms with Gasteiger partial charge < -0.3 is 15.4 Å². The number of nitrogens with two attached hydrogens (primary N) is 1. The molecule has 0 spiro atoms. The smallest absolute Gasteiger partial charge is 0.214 e. The summed E-state index contributed by atoms with van der Waals surface area (Å²) in [5.74, 6) is 0.0324. The number of rotatable bonds is 4. The highest BCUT2D eigenvalue weighted by molar-refractivity contribution is 7.20. The van der Waals surface area contributed by atoms with Gasteiger partial charge in [-0.25, -0.2) is 18.3 Å². The number of ether oxygens (including phenoxy) is 1. The number of imidazole rings is 1. The van der Waals surface area contributed by atoms with E-state index in [9.17, 15) is 8.78 Å². The van der Waals surface area contributed by atoms with Crippen LogP contribution in [0.15, 0.2) is 24.4 Å². The molecule has 6 nitrogen and oxygen atoms in total. The molecule has 0 aliphatic carbocycles. The fourth-order valence-electron chi connectivity index (χ4n) is 3.29. The topological polar surface area (TPSA) is 68.7 Å². The second-order valence-corrected chi connectivity index (χ2v) is 7.38. The fourth-order valence-corrected chi connectivity index (χ4v) is 4.19. The van der Waals surface area contributed by atoms with Crippen molar-refractivity contribution < 1.29 is 13.5 Å². The maximum absolute atomic E-state index is 14.6. The van der Waals surface area contributed by atoms with Crippen LogP contribution in [0.5, 0.6) is 5.75 Å². The van der Waals surface area contributed by atoms with Gasteiger partial charge in [-0.15, -0.1) is 5.10 Å². The molecule has 1 aliphatic heterocycles. The van der Waals surface area contributed by atoms with Gasteiger partial charge in [-0.05, 0) is 25.0 Å². The highest BCUT2D eigenvalue weighted by Crippen LogP contribution is 2.35. The third-order valence-electron chi connectivity index (χ3n) is 4.68. The summed E-state index contributed by atoms with van der Waals surface area (Å²) in [7, 11) is 1.49. The first-order valence-corrected chi connectivity index (χ1v) is 9.17. The zero-order valence-electron chi connectivity index (χ0n) is 14.3. The molecule has 0 saturated carbocycles. The monoisotopic (exact) mass is 379 g/mol. The molecule has 2 N–H and O–H groups in total. The van der Waals surface area contributed by atoms with Crippen LogP contribution in [-0.4, -0.2) is 47.0 Å². The highest BCUT2D eigenvalue weighted by Gasteiger charge is 2.35. The van der Waals surface area contributed by atoms with Crippen molar-refractivity contribution in [2.24, 2.45) is 5.73 Å². The lowest BCUT2D eigenvalue weighted by Crippen LogP contribution is -2.49. The Kier molecular flexibility index (Phi) is 4.28. The number of aromatic nitrogens is 3.